The predicted molar refractivity (Wildman–Crippen MR) is 124 cm³/mol. The molecule has 1 N–H and O–H groups in total. The Hall–Kier alpha value is -2.53. The van der Waals surface area contributed by atoms with Gasteiger partial charge in [0.05, 0.1) is 0 Å². The average molecular weight is 407 g/mol. The summed E-state index contributed by atoms with van der Waals surface area (Å²) < 4.78 is 5.72. The topological polar surface area (TPSA) is 40.1 Å². The van der Waals surface area contributed by atoms with Crippen molar-refractivity contribution >= 4 is 11.6 Å². The molecule has 0 radical (unpaired) electrons. The molecule has 0 aliphatic carbocycles. The van der Waals surface area contributed by atoms with Crippen LogP contribution in [-0.4, -0.2) is 63.8 Å². The number of anilines is 1. The number of hydrogen-bond acceptors (Lipinski definition) is 3. The first-order valence-corrected chi connectivity index (χ1v) is 11.1. The van der Waals surface area contributed by atoms with E-state index >= 15 is 0 Å². The third kappa shape index (κ3) is 4.46. The number of rotatable bonds is 4. The maximum Gasteiger partial charge on any atom is 0.193 e. The highest BCUT2D eigenvalue weighted by Gasteiger charge is 2.36. The molecule has 5 heteroatoms. The van der Waals surface area contributed by atoms with Gasteiger partial charge in [-0.05, 0) is 43.0 Å². The summed E-state index contributed by atoms with van der Waals surface area (Å²) in [7, 11) is 1.90. The molecule has 0 spiro atoms. The maximum atomic E-state index is 5.72. The molecule has 0 amide bonds. The minimum absolute atomic E-state index is 0.103. The van der Waals surface area contributed by atoms with Gasteiger partial charge in [0.1, 0.15) is 0 Å². The van der Waals surface area contributed by atoms with Crippen LogP contribution < -0.4 is 10.2 Å². The summed E-state index contributed by atoms with van der Waals surface area (Å²) in [6, 6.07) is 19.5. The highest BCUT2D eigenvalue weighted by Crippen LogP contribution is 2.36. The van der Waals surface area contributed by atoms with Gasteiger partial charge in [0.2, 0.25) is 0 Å². The zero-order valence-electron chi connectivity index (χ0n) is 18.3. The van der Waals surface area contributed by atoms with Crippen LogP contribution in [0.5, 0.6) is 0 Å². The van der Waals surface area contributed by atoms with Gasteiger partial charge in [0, 0.05) is 64.1 Å². The Morgan fingerprint density at radius 2 is 1.63 bits per heavy atom. The highest BCUT2D eigenvalue weighted by atomic mass is 16.5. The van der Waals surface area contributed by atoms with Crippen molar-refractivity contribution in [2.24, 2.45) is 4.99 Å². The molecule has 5 nitrogen and oxygen atoms in total. The molecule has 30 heavy (non-hydrogen) atoms. The Kier molecular flexibility index (Phi) is 6.58. The van der Waals surface area contributed by atoms with Crippen LogP contribution in [0, 0.1) is 6.92 Å². The number of aliphatic imine (C=N–C) groups is 1. The summed E-state index contributed by atoms with van der Waals surface area (Å²) in [5, 5.41) is 3.73. The molecule has 2 fully saturated rings. The molecule has 160 valence electrons. The Balaban J connectivity index is 1.41. The summed E-state index contributed by atoms with van der Waals surface area (Å²) in [5.74, 6) is 1.02. The molecule has 0 atom stereocenters. The third-order valence-electron chi connectivity index (χ3n) is 6.66. The number of ether oxygens (including phenoxy) is 1. The molecule has 2 saturated heterocycles. The summed E-state index contributed by atoms with van der Waals surface area (Å²) in [6.07, 6.45) is 2.09. The van der Waals surface area contributed by atoms with Crippen molar-refractivity contribution in [3.05, 3.63) is 65.7 Å². The Morgan fingerprint density at radius 1 is 0.967 bits per heavy atom. The maximum absolute atomic E-state index is 5.72. The van der Waals surface area contributed by atoms with Gasteiger partial charge in [-0.15, -0.1) is 0 Å². The second kappa shape index (κ2) is 9.52. The van der Waals surface area contributed by atoms with E-state index in [1.54, 1.807) is 0 Å². The van der Waals surface area contributed by atoms with Crippen LogP contribution in [0.4, 0.5) is 5.69 Å². The summed E-state index contributed by atoms with van der Waals surface area (Å²) in [5.41, 5.74) is 4.23. The predicted octanol–water partition coefficient (Wildman–Crippen LogP) is 3.44. The van der Waals surface area contributed by atoms with E-state index in [1.807, 2.05) is 7.05 Å². The van der Waals surface area contributed by atoms with Crippen molar-refractivity contribution in [1.82, 2.24) is 10.2 Å². The summed E-state index contributed by atoms with van der Waals surface area (Å²) in [6.45, 7) is 8.76. The molecular weight excluding hydrogens is 372 g/mol. The molecule has 0 aromatic heterocycles. The van der Waals surface area contributed by atoms with E-state index in [1.165, 1.54) is 16.8 Å². The van der Waals surface area contributed by atoms with E-state index in [-0.39, 0.29) is 5.41 Å². The van der Waals surface area contributed by atoms with Crippen LogP contribution in [0.15, 0.2) is 59.6 Å². The third-order valence-corrected chi connectivity index (χ3v) is 6.66. The van der Waals surface area contributed by atoms with E-state index in [9.17, 15) is 0 Å². The molecule has 0 unspecified atom stereocenters. The lowest BCUT2D eigenvalue weighted by Crippen LogP contribution is -2.55. The normalized spacial score (nSPS) is 19.6. The van der Waals surface area contributed by atoms with Gasteiger partial charge in [-0.3, -0.25) is 4.99 Å². The molecule has 0 saturated carbocycles. The molecule has 2 aliphatic rings. The number of nitrogens with zero attached hydrogens (tertiary/aromatic N) is 3. The quantitative estimate of drug-likeness (QED) is 0.624. The van der Waals surface area contributed by atoms with Crippen LogP contribution in [0.3, 0.4) is 0 Å². The number of guanidine groups is 1. The first kappa shape index (κ1) is 20.7. The molecule has 2 aliphatic heterocycles. The minimum Gasteiger partial charge on any atom is -0.381 e. The molecule has 2 heterocycles. The standard InChI is InChI=1S/C25H34N4O/c1-21-8-6-7-11-23(21)25(12-18-30-19-13-25)20-27-24(26-2)29-16-14-28(15-17-29)22-9-4-3-5-10-22/h3-11H,12-20H2,1-2H3,(H,26,27). The van der Waals surface area contributed by atoms with Gasteiger partial charge in [-0.25, -0.2) is 0 Å². The van der Waals surface area contributed by atoms with E-state index in [2.05, 4.69) is 81.6 Å². The van der Waals surface area contributed by atoms with Crippen molar-refractivity contribution in [3.63, 3.8) is 0 Å². The van der Waals surface area contributed by atoms with Gasteiger partial charge in [-0.1, -0.05) is 42.5 Å². The van der Waals surface area contributed by atoms with Gasteiger partial charge in [0.25, 0.3) is 0 Å². The molecular formula is C25H34N4O. The van der Waals surface area contributed by atoms with E-state index in [0.29, 0.717) is 0 Å². The number of piperazine rings is 1. The van der Waals surface area contributed by atoms with Crippen molar-refractivity contribution in [2.75, 3.05) is 57.9 Å². The molecule has 4 rings (SSSR count). The van der Waals surface area contributed by atoms with Gasteiger partial charge >= 0.3 is 0 Å². The lowest BCUT2D eigenvalue weighted by Gasteiger charge is -2.41. The minimum atomic E-state index is 0.103. The van der Waals surface area contributed by atoms with Crippen molar-refractivity contribution in [2.45, 2.75) is 25.2 Å². The van der Waals surface area contributed by atoms with Crippen LogP contribution >= 0.6 is 0 Å². The van der Waals surface area contributed by atoms with Crippen LogP contribution in [0.2, 0.25) is 0 Å². The van der Waals surface area contributed by atoms with Crippen LogP contribution in [0.25, 0.3) is 0 Å². The lowest BCUT2D eigenvalue weighted by atomic mass is 9.72. The highest BCUT2D eigenvalue weighted by molar-refractivity contribution is 5.80. The van der Waals surface area contributed by atoms with Crippen molar-refractivity contribution in [1.29, 1.82) is 0 Å². The number of hydrogen-bond donors (Lipinski definition) is 1. The fraction of sp³-hybridized carbons (Fsp3) is 0.480. The van der Waals surface area contributed by atoms with Crippen molar-refractivity contribution in [3.8, 4) is 0 Å². The number of para-hydroxylation sites is 1. The fourth-order valence-corrected chi connectivity index (χ4v) is 4.87. The monoisotopic (exact) mass is 406 g/mol. The first-order chi connectivity index (χ1) is 14.7. The largest absolute Gasteiger partial charge is 0.381 e. The molecule has 0 bridgehead atoms. The van der Waals surface area contributed by atoms with Gasteiger partial charge in [-0.2, -0.15) is 0 Å². The second-order valence-corrected chi connectivity index (χ2v) is 8.42. The molecule has 2 aromatic carbocycles. The Bertz CT molecular complexity index is 837. The number of nitrogens with one attached hydrogen (secondary N) is 1. The second-order valence-electron chi connectivity index (χ2n) is 8.42. The number of aryl methyl sites for hydroxylation is 1. The van der Waals surface area contributed by atoms with Crippen LogP contribution in [-0.2, 0) is 10.2 Å². The summed E-state index contributed by atoms with van der Waals surface area (Å²) in [4.78, 5) is 9.47. The molecule has 2 aromatic rings. The van der Waals surface area contributed by atoms with Gasteiger partial charge < -0.3 is 19.9 Å². The average Bonchev–Trinajstić information content (AvgIpc) is 2.81. The Labute approximate surface area is 180 Å². The van der Waals surface area contributed by atoms with Crippen molar-refractivity contribution < 1.29 is 4.74 Å². The van der Waals surface area contributed by atoms with E-state index in [4.69, 9.17) is 4.74 Å². The van der Waals surface area contributed by atoms with Gasteiger partial charge in [0.15, 0.2) is 5.96 Å². The Morgan fingerprint density at radius 3 is 2.30 bits per heavy atom. The summed E-state index contributed by atoms with van der Waals surface area (Å²) >= 11 is 0. The lowest BCUT2D eigenvalue weighted by molar-refractivity contribution is 0.0509. The smallest absolute Gasteiger partial charge is 0.193 e. The zero-order valence-corrected chi connectivity index (χ0v) is 18.3. The van der Waals surface area contributed by atoms with Crippen LogP contribution in [0.1, 0.15) is 24.0 Å². The van der Waals surface area contributed by atoms with E-state index in [0.717, 1.165) is 64.7 Å². The zero-order chi connectivity index (χ0) is 20.8. The number of benzene rings is 2. The first-order valence-electron chi connectivity index (χ1n) is 11.1. The SMILES string of the molecule is CN=C(NCC1(c2ccccc2C)CCOCC1)N1CCN(c2ccccc2)CC1. The van der Waals surface area contributed by atoms with E-state index < -0.39 is 0 Å². The fourth-order valence-electron chi connectivity index (χ4n) is 4.87.